The summed E-state index contributed by atoms with van der Waals surface area (Å²) in [4.78, 5) is 21.7. The zero-order valence-corrected chi connectivity index (χ0v) is 9.87. The van der Waals surface area contributed by atoms with Crippen molar-refractivity contribution in [1.82, 2.24) is 0 Å². The van der Waals surface area contributed by atoms with E-state index >= 15 is 0 Å². The predicted molar refractivity (Wildman–Crippen MR) is 60.6 cm³/mol. The van der Waals surface area contributed by atoms with Crippen LogP contribution < -0.4 is 0 Å². The number of ether oxygens (including phenoxy) is 2. The number of carbonyl (C=O) groups excluding carboxylic acids is 2. The normalized spacial score (nSPS) is 9.56. The van der Waals surface area contributed by atoms with Crippen LogP contribution in [0, 0.1) is 0 Å². The fraction of sp³-hybridized carbons (Fsp3) is 0.667. The van der Waals surface area contributed by atoms with Crippen LogP contribution in [0.25, 0.3) is 0 Å². The van der Waals surface area contributed by atoms with Crippen LogP contribution >= 0.6 is 0 Å². The van der Waals surface area contributed by atoms with E-state index in [-0.39, 0.29) is 12.8 Å². The Labute approximate surface area is 96.6 Å². The lowest BCUT2D eigenvalue weighted by Gasteiger charge is -2.04. The Bertz CT molecular complexity index is 223. The lowest BCUT2D eigenvalue weighted by molar-refractivity contribution is -0.164. The van der Waals surface area contributed by atoms with Crippen molar-refractivity contribution in [3.05, 3.63) is 12.7 Å². The molecule has 0 aliphatic heterocycles. The molecule has 0 atom stereocenters. The first-order valence-electron chi connectivity index (χ1n) is 5.65. The molecule has 0 heterocycles. The lowest BCUT2D eigenvalue weighted by Crippen LogP contribution is -2.10. The number of hydrogen-bond donors (Lipinski definition) is 0. The van der Waals surface area contributed by atoms with Crippen molar-refractivity contribution in [2.75, 3.05) is 6.79 Å². The Kier molecular flexibility index (Phi) is 9.36. The summed E-state index contributed by atoms with van der Waals surface area (Å²) >= 11 is 0. The van der Waals surface area contributed by atoms with Crippen LogP contribution in [0.5, 0.6) is 0 Å². The summed E-state index contributed by atoms with van der Waals surface area (Å²) in [6, 6.07) is 0. The van der Waals surface area contributed by atoms with Crippen LogP contribution in [0.3, 0.4) is 0 Å². The van der Waals surface area contributed by atoms with Gasteiger partial charge in [0.2, 0.25) is 6.79 Å². The highest BCUT2D eigenvalue weighted by Gasteiger charge is 2.03. The minimum Gasteiger partial charge on any atom is -0.428 e. The van der Waals surface area contributed by atoms with Crippen molar-refractivity contribution in [3.63, 3.8) is 0 Å². The molecule has 92 valence electrons. The van der Waals surface area contributed by atoms with Gasteiger partial charge in [-0.3, -0.25) is 4.79 Å². The molecule has 0 bridgehead atoms. The Morgan fingerprint density at radius 2 is 1.81 bits per heavy atom. The van der Waals surface area contributed by atoms with Crippen molar-refractivity contribution < 1.29 is 19.1 Å². The fourth-order valence-corrected chi connectivity index (χ4v) is 1.16. The smallest absolute Gasteiger partial charge is 0.333 e. The highest BCUT2D eigenvalue weighted by molar-refractivity contribution is 5.81. The lowest BCUT2D eigenvalue weighted by atomic mass is 10.1. The Balaban J connectivity index is 3.31. The quantitative estimate of drug-likeness (QED) is 0.263. The maximum atomic E-state index is 11.1. The highest BCUT2D eigenvalue weighted by Crippen LogP contribution is 2.05. The molecule has 0 aromatic heterocycles. The summed E-state index contributed by atoms with van der Waals surface area (Å²) in [5.74, 6) is -0.913. The van der Waals surface area contributed by atoms with Gasteiger partial charge in [0, 0.05) is 12.5 Å². The van der Waals surface area contributed by atoms with Gasteiger partial charge in [-0.15, -0.1) is 0 Å². The van der Waals surface area contributed by atoms with Crippen LogP contribution in [0.4, 0.5) is 0 Å². The second kappa shape index (κ2) is 10.2. The van der Waals surface area contributed by atoms with Gasteiger partial charge < -0.3 is 9.47 Å². The number of unbranched alkanes of at least 4 members (excludes halogenated alkanes) is 4. The van der Waals surface area contributed by atoms with Crippen LogP contribution in [0.2, 0.25) is 0 Å². The third kappa shape index (κ3) is 9.24. The monoisotopic (exact) mass is 228 g/mol. The van der Waals surface area contributed by atoms with Gasteiger partial charge in [-0.25, -0.2) is 4.79 Å². The summed E-state index contributed by atoms with van der Waals surface area (Å²) in [5, 5.41) is 0. The van der Waals surface area contributed by atoms with E-state index in [4.69, 9.17) is 4.74 Å². The third-order valence-corrected chi connectivity index (χ3v) is 2.07. The van der Waals surface area contributed by atoms with Crippen molar-refractivity contribution in [1.29, 1.82) is 0 Å². The van der Waals surface area contributed by atoms with Crippen LogP contribution in [0.1, 0.15) is 45.4 Å². The van der Waals surface area contributed by atoms with Gasteiger partial charge in [-0.2, -0.15) is 0 Å². The third-order valence-electron chi connectivity index (χ3n) is 2.07. The second-order valence-corrected chi connectivity index (χ2v) is 3.47. The van der Waals surface area contributed by atoms with Gasteiger partial charge >= 0.3 is 11.9 Å². The molecule has 0 aromatic carbocycles. The van der Waals surface area contributed by atoms with Crippen LogP contribution in [-0.4, -0.2) is 18.7 Å². The molecule has 0 saturated carbocycles. The summed E-state index contributed by atoms with van der Waals surface area (Å²) in [6.45, 7) is 5.04. The van der Waals surface area contributed by atoms with E-state index in [2.05, 4.69) is 18.2 Å². The van der Waals surface area contributed by atoms with Crippen molar-refractivity contribution >= 4 is 11.9 Å². The Hall–Kier alpha value is -1.32. The minimum absolute atomic E-state index is 0.321. The first kappa shape index (κ1) is 14.7. The Morgan fingerprint density at radius 3 is 2.44 bits per heavy atom. The van der Waals surface area contributed by atoms with Gasteiger partial charge in [0.05, 0.1) is 0 Å². The molecule has 0 aromatic rings. The fourth-order valence-electron chi connectivity index (χ4n) is 1.16. The molecule has 0 aliphatic carbocycles. The van der Waals surface area contributed by atoms with Crippen LogP contribution in [-0.2, 0) is 19.1 Å². The van der Waals surface area contributed by atoms with Gasteiger partial charge in [-0.05, 0) is 6.42 Å². The van der Waals surface area contributed by atoms with Crippen molar-refractivity contribution in [2.24, 2.45) is 0 Å². The van der Waals surface area contributed by atoms with Crippen LogP contribution in [0.15, 0.2) is 12.7 Å². The molecule has 0 rings (SSSR count). The summed E-state index contributed by atoms with van der Waals surface area (Å²) in [5.41, 5.74) is 0. The number of hydrogen-bond acceptors (Lipinski definition) is 4. The molecule has 0 N–H and O–H groups in total. The summed E-state index contributed by atoms with van der Waals surface area (Å²) in [6.07, 6.45) is 6.81. The molecule has 0 aliphatic rings. The van der Waals surface area contributed by atoms with Crippen molar-refractivity contribution in [3.8, 4) is 0 Å². The second-order valence-electron chi connectivity index (χ2n) is 3.47. The maximum absolute atomic E-state index is 11.1. The molecule has 0 amide bonds. The van der Waals surface area contributed by atoms with E-state index in [0.29, 0.717) is 6.42 Å². The number of carbonyl (C=O) groups is 2. The van der Waals surface area contributed by atoms with E-state index in [1.54, 1.807) is 0 Å². The first-order valence-corrected chi connectivity index (χ1v) is 5.65. The molecular weight excluding hydrogens is 208 g/mol. The van der Waals surface area contributed by atoms with E-state index in [9.17, 15) is 9.59 Å². The SMILES string of the molecule is C=CC(=O)OCOC(=O)CCCCCCC. The largest absolute Gasteiger partial charge is 0.428 e. The average molecular weight is 228 g/mol. The van der Waals surface area contributed by atoms with Gasteiger partial charge in [0.15, 0.2) is 0 Å². The maximum Gasteiger partial charge on any atom is 0.333 e. The van der Waals surface area contributed by atoms with E-state index in [1.165, 1.54) is 12.8 Å². The molecule has 4 heteroatoms. The first-order chi connectivity index (χ1) is 7.70. The van der Waals surface area contributed by atoms with Gasteiger partial charge in [0.25, 0.3) is 0 Å². The summed E-state index contributed by atoms with van der Waals surface area (Å²) < 4.78 is 9.20. The summed E-state index contributed by atoms with van der Waals surface area (Å²) in [7, 11) is 0. The molecular formula is C12H20O4. The highest BCUT2D eigenvalue weighted by atomic mass is 16.7. The molecule has 0 saturated heterocycles. The minimum atomic E-state index is -0.587. The molecule has 16 heavy (non-hydrogen) atoms. The van der Waals surface area contributed by atoms with E-state index in [1.807, 2.05) is 0 Å². The van der Waals surface area contributed by atoms with E-state index in [0.717, 1.165) is 25.3 Å². The Morgan fingerprint density at radius 1 is 1.12 bits per heavy atom. The zero-order chi connectivity index (χ0) is 12.2. The standard InChI is InChI=1S/C12H20O4/c1-3-5-6-7-8-9-12(14)16-10-15-11(13)4-2/h4H,2-3,5-10H2,1H3. The van der Waals surface area contributed by atoms with Crippen molar-refractivity contribution in [2.45, 2.75) is 45.4 Å². The molecule has 0 radical (unpaired) electrons. The number of rotatable bonds is 9. The van der Waals surface area contributed by atoms with Gasteiger partial charge in [-0.1, -0.05) is 39.2 Å². The topological polar surface area (TPSA) is 52.6 Å². The molecule has 0 unspecified atom stereocenters. The zero-order valence-electron chi connectivity index (χ0n) is 9.87. The average Bonchev–Trinajstić information content (AvgIpc) is 2.28. The molecule has 0 fully saturated rings. The van der Waals surface area contributed by atoms with Gasteiger partial charge in [0.1, 0.15) is 0 Å². The van der Waals surface area contributed by atoms with E-state index < -0.39 is 5.97 Å². The predicted octanol–water partition coefficient (Wildman–Crippen LogP) is 2.58. The molecule has 4 nitrogen and oxygen atoms in total. The molecule has 0 spiro atoms. The number of esters is 2.